The molecule has 0 saturated carbocycles. The van der Waals surface area contributed by atoms with Crippen molar-refractivity contribution >= 4 is 33.3 Å². The van der Waals surface area contributed by atoms with Gasteiger partial charge in [-0.1, -0.05) is 53.5 Å². The van der Waals surface area contributed by atoms with Crippen LogP contribution in [0.2, 0.25) is 0 Å². The Morgan fingerprint density at radius 1 is 1.05 bits per heavy atom. The number of phenols is 1. The molecule has 0 bridgehead atoms. The summed E-state index contributed by atoms with van der Waals surface area (Å²) in [6.45, 7) is 3.59. The quantitative estimate of drug-likeness (QED) is 0.190. The number of H-pyrrole nitrogens is 1. The number of ether oxygens (including phenoxy) is 3. The summed E-state index contributed by atoms with van der Waals surface area (Å²) < 4.78 is 17.5. The van der Waals surface area contributed by atoms with E-state index in [4.69, 9.17) is 14.2 Å². The van der Waals surface area contributed by atoms with E-state index in [0.717, 1.165) is 36.3 Å². The Hall–Kier alpha value is -3.04. The molecule has 1 aliphatic heterocycles. The van der Waals surface area contributed by atoms with E-state index >= 15 is 0 Å². The Labute approximate surface area is 250 Å². The average Bonchev–Trinajstić information content (AvgIpc) is 3.47. The molecule has 7 nitrogen and oxygen atoms in total. The molecule has 0 amide bonds. The molecule has 220 valence electrons. The molecule has 2 heterocycles. The van der Waals surface area contributed by atoms with Crippen molar-refractivity contribution in [2.24, 2.45) is 5.92 Å². The van der Waals surface area contributed by atoms with Gasteiger partial charge >= 0.3 is 5.97 Å². The van der Waals surface area contributed by atoms with Crippen LogP contribution in [0.15, 0.2) is 60.9 Å². The number of hydrogen-bond donors (Lipinski definition) is 2. The molecule has 0 aliphatic carbocycles. The number of aromatic nitrogens is 1. The second-order valence-corrected chi connectivity index (χ2v) is 13.0. The number of unbranched alkanes of at least 4 members (excludes halogenated alkanes) is 1. The van der Waals surface area contributed by atoms with Crippen molar-refractivity contribution in [2.45, 2.75) is 63.9 Å². The van der Waals surface area contributed by atoms with Crippen LogP contribution < -0.4 is 9.47 Å². The monoisotopic (exact) mass is 597 g/mol. The molecular formula is C32H39NO6S2. The SMILES string of the molecule is CCCCC1C(OC(C)=O)CC(=O)CC(c2ccc(Oc3cccc(O)c3)c(OC)c2)CSSCC1c1cc[nH]c1. The number of phenolic OH excluding ortho intramolecular Hbond substituents is 1. The first kappa shape index (κ1) is 30.9. The number of benzene rings is 2. The predicted octanol–water partition coefficient (Wildman–Crippen LogP) is 7.87. The van der Waals surface area contributed by atoms with Crippen LogP contribution in [0, 0.1) is 5.92 Å². The van der Waals surface area contributed by atoms with Gasteiger partial charge in [0.05, 0.1) is 7.11 Å². The minimum Gasteiger partial charge on any atom is -0.508 e. The summed E-state index contributed by atoms with van der Waals surface area (Å²) in [5.74, 6) is 3.21. The maximum Gasteiger partial charge on any atom is 0.302 e. The summed E-state index contributed by atoms with van der Waals surface area (Å²) in [6, 6.07) is 14.4. The average molecular weight is 598 g/mol. The Morgan fingerprint density at radius 3 is 2.59 bits per heavy atom. The topological polar surface area (TPSA) is 97.9 Å². The van der Waals surface area contributed by atoms with Gasteiger partial charge in [-0.05, 0) is 47.9 Å². The minimum absolute atomic E-state index is 0.0420. The fraction of sp³-hybridized carbons (Fsp3) is 0.438. The van der Waals surface area contributed by atoms with Crippen LogP contribution in [0.1, 0.15) is 68.9 Å². The lowest BCUT2D eigenvalue weighted by molar-refractivity contribution is -0.151. The molecule has 1 aromatic heterocycles. The maximum absolute atomic E-state index is 13.6. The van der Waals surface area contributed by atoms with Crippen molar-refractivity contribution in [3.8, 4) is 23.0 Å². The number of esters is 1. The Morgan fingerprint density at radius 2 is 1.88 bits per heavy atom. The van der Waals surface area contributed by atoms with Crippen molar-refractivity contribution in [1.82, 2.24) is 4.98 Å². The van der Waals surface area contributed by atoms with Crippen molar-refractivity contribution in [1.29, 1.82) is 0 Å². The number of Topliss-reactive ketones (excluding diaryl/α,β-unsaturated/α-hetero) is 1. The first-order chi connectivity index (χ1) is 19.9. The summed E-state index contributed by atoms with van der Waals surface area (Å²) in [5, 5.41) is 9.79. The number of aromatic hydroxyl groups is 1. The van der Waals surface area contributed by atoms with Crippen LogP contribution >= 0.6 is 21.6 Å². The molecule has 1 fully saturated rings. The molecule has 4 atom stereocenters. The fourth-order valence-corrected chi connectivity index (χ4v) is 8.18. The molecular weight excluding hydrogens is 558 g/mol. The summed E-state index contributed by atoms with van der Waals surface area (Å²) in [6.07, 6.45) is 6.97. The second kappa shape index (κ2) is 15.3. The van der Waals surface area contributed by atoms with Gasteiger partial charge in [-0.2, -0.15) is 0 Å². The van der Waals surface area contributed by atoms with Gasteiger partial charge in [0, 0.05) is 67.5 Å². The minimum atomic E-state index is -0.469. The van der Waals surface area contributed by atoms with E-state index in [-0.39, 0.29) is 41.7 Å². The van der Waals surface area contributed by atoms with Crippen LogP contribution in [-0.4, -0.2) is 46.6 Å². The van der Waals surface area contributed by atoms with E-state index in [1.54, 1.807) is 36.1 Å². The summed E-state index contributed by atoms with van der Waals surface area (Å²) >= 11 is 0. The lowest BCUT2D eigenvalue weighted by Crippen LogP contribution is -2.34. The zero-order chi connectivity index (χ0) is 29.2. The van der Waals surface area contributed by atoms with Gasteiger partial charge in [-0.3, -0.25) is 9.59 Å². The van der Waals surface area contributed by atoms with Crippen LogP contribution in [0.5, 0.6) is 23.0 Å². The highest BCUT2D eigenvalue weighted by Gasteiger charge is 2.35. The number of methoxy groups -OCH3 is 1. The van der Waals surface area contributed by atoms with E-state index < -0.39 is 6.10 Å². The van der Waals surface area contributed by atoms with Crippen LogP contribution in [0.25, 0.3) is 0 Å². The predicted molar refractivity (Wildman–Crippen MR) is 165 cm³/mol. The molecule has 1 aliphatic rings. The van der Waals surface area contributed by atoms with E-state index in [1.165, 1.54) is 18.6 Å². The highest BCUT2D eigenvalue weighted by Crippen LogP contribution is 2.43. The Balaban J connectivity index is 1.59. The third kappa shape index (κ3) is 8.72. The lowest BCUT2D eigenvalue weighted by Gasteiger charge is -2.33. The number of aromatic amines is 1. The molecule has 9 heteroatoms. The van der Waals surface area contributed by atoms with Crippen molar-refractivity contribution in [3.63, 3.8) is 0 Å². The Bertz CT molecular complexity index is 1280. The molecule has 1 saturated heterocycles. The highest BCUT2D eigenvalue weighted by atomic mass is 33.1. The van der Waals surface area contributed by atoms with E-state index in [1.807, 2.05) is 41.4 Å². The highest BCUT2D eigenvalue weighted by molar-refractivity contribution is 8.76. The first-order valence-corrected chi connectivity index (χ1v) is 16.6. The van der Waals surface area contributed by atoms with Gasteiger partial charge in [-0.15, -0.1) is 0 Å². The van der Waals surface area contributed by atoms with Crippen molar-refractivity contribution in [2.75, 3.05) is 18.6 Å². The molecule has 2 aromatic carbocycles. The molecule has 0 spiro atoms. The van der Waals surface area contributed by atoms with Crippen molar-refractivity contribution in [3.05, 3.63) is 72.1 Å². The summed E-state index contributed by atoms with van der Waals surface area (Å²) in [4.78, 5) is 29.0. The molecule has 0 radical (unpaired) electrons. The number of ketones is 1. The summed E-state index contributed by atoms with van der Waals surface area (Å²) in [7, 11) is 5.18. The summed E-state index contributed by atoms with van der Waals surface area (Å²) in [5.41, 5.74) is 2.17. The van der Waals surface area contributed by atoms with Crippen molar-refractivity contribution < 1.29 is 28.9 Å². The second-order valence-electron chi connectivity index (χ2n) is 10.4. The first-order valence-electron chi connectivity index (χ1n) is 14.1. The Kier molecular flexibility index (Phi) is 11.5. The fourth-order valence-electron chi connectivity index (χ4n) is 5.42. The van der Waals surface area contributed by atoms with Crippen LogP contribution in [0.4, 0.5) is 0 Å². The van der Waals surface area contributed by atoms with E-state index in [9.17, 15) is 14.7 Å². The largest absolute Gasteiger partial charge is 0.508 e. The normalized spacial score (nSPS) is 22.0. The number of nitrogens with one attached hydrogen (secondary N) is 1. The van der Waals surface area contributed by atoms with Gasteiger partial charge in [-0.25, -0.2) is 0 Å². The molecule has 4 rings (SSSR count). The van der Waals surface area contributed by atoms with Crippen LogP contribution in [-0.2, 0) is 14.3 Å². The van der Waals surface area contributed by atoms with Crippen LogP contribution in [0.3, 0.4) is 0 Å². The van der Waals surface area contributed by atoms with E-state index in [0.29, 0.717) is 23.7 Å². The smallest absolute Gasteiger partial charge is 0.302 e. The van der Waals surface area contributed by atoms with Gasteiger partial charge in [0.1, 0.15) is 23.4 Å². The molecule has 41 heavy (non-hydrogen) atoms. The number of carbonyl (C=O) groups excluding carboxylic acids is 2. The third-order valence-corrected chi connectivity index (χ3v) is 9.98. The van der Waals surface area contributed by atoms with E-state index in [2.05, 4.69) is 18.0 Å². The van der Waals surface area contributed by atoms with Gasteiger partial charge < -0.3 is 24.3 Å². The number of carbonyl (C=O) groups is 2. The molecule has 3 aromatic rings. The number of hydrogen-bond acceptors (Lipinski definition) is 8. The zero-order valence-corrected chi connectivity index (χ0v) is 25.5. The van der Waals surface area contributed by atoms with Gasteiger partial charge in [0.25, 0.3) is 0 Å². The third-order valence-electron chi connectivity index (χ3n) is 7.46. The zero-order valence-electron chi connectivity index (χ0n) is 23.8. The molecule has 2 N–H and O–H groups in total. The number of rotatable bonds is 9. The standard InChI is InChI=1S/C32H39NO6S2/c1-4-5-9-28-29(23-12-13-33-18-23)20-41-40-19-24(14-26(36)17-31(28)38-21(2)34)22-10-11-30(32(15-22)37-3)39-27-8-6-7-25(35)16-27/h6-8,10-13,15-16,18,24,28-29,31,33,35H,4-5,9,14,17,19-20H2,1-3H3. The molecule has 4 unspecified atom stereocenters. The maximum atomic E-state index is 13.6. The van der Waals surface area contributed by atoms with Gasteiger partial charge in [0.15, 0.2) is 11.5 Å². The lowest BCUT2D eigenvalue weighted by atomic mass is 9.79. The van der Waals surface area contributed by atoms with Gasteiger partial charge in [0.2, 0.25) is 0 Å².